The van der Waals surface area contributed by atoms with Crippen LogP contribution in [0.2, 0.25) is 0 Å². The van der Waals surface area contributed by atoms with Crippen LogP contribution in [0.5, 0.6) is 5.88 Å². The summed E-state index contributed by atoms with van der Waals surface area (Å²) in [4.78, 5) is 24.7. The maximum atomic E-state index is 13.5. The molecule has 4 heterocycles. The minimum Gasteiger partial charge on any atom is -0.472 e. The number of rotatable bonds is 4. The monoisotopic (exact) mass is 444 g/mol. The van der Waals surface area contributed by atoms with Gasteiger partial charge >= 0.3 is 6.18 Å². The topological polar surface area (TPSA) is 86.0 Å². The van der Waals surface area contributed by atoms with Crippen LogP contribution in [0.25, 0.3) is 5.69 Å². The third kappa shape index (κ3) is 3.47. The third-order valence-corrected chi connectivity index (χ3v) is 6.18. The second kappa shape index (κ2) is 7.57. The first-order valence-corrected chi connectivity index (χ1v) is 10.2. The highest BCUT2D eigenvalue weighted by Crippen LogP contribution is 2.44. The highest BCUT2D eigenvalue weighted by atomic mass is 19.4. The van der Waals surface area contributed by atoms with Crippen molar-refractivity contribution < 1.29 is 22.7 Å². The molecular formula is C21H19F3N6O2. The van der Waals surface area contributed by atoms with E-state index in [1.807, 2.05) is 6.92 Å². The summed E-state index contributed by atoms with van der Waals surface area (Å²) in [5.74, 6) is 0.0693. The predicted octanol–water partition coefficient (Wildman–Crippen LogP) is 3.15. The van der Waals surface area contributed by atoms with Gasteiger partial charge in [-0.05, 0) is 43.9 Å². The van der Waals surface area contributed by atoms with E-state index in [1.165, 1.54) is 23.3 Å². The van der Waals surface area contributed by atoms with Gasteiger partial charge < -0.3 is 9.64 Å². The molecule has 32 heavy (non-hydrogen) atoms. The summed E-state index contributed by atoms with van der Waals surface area (Å²) in [5, 5.41) is 8.20. The Morgan fingerprint density at radius 2 is 1.88 bits per heavy atom. The number of carbonyl (C=O) groups is 1. The van der Waals surface area contributed by atoms with Crippen LogP contribution in [0.15, 0.2) is 49.1 Å². The minimum absolute atomic E-state index is 0.0200. The maximum absolute atomic E-state index is 13.5. The van der Waals surface area contributed by atoms with E-state index in [2.05, 4.69) is 20.2 Å². The van der Waals surface area contributed by atoms with Gasteiger partial charge in [0.15, 0.2) is 5.69 Å². The molecule has 5 rings (SSSR count). The van der Waals surface area contributed by atoms with E-state index >= 15 is 0 Å². The molecule has 1 saturated heterocycles. The molecule has 2 fully saturated rings. The second-order valence-electron chi connectivity index (χ2n) is 7.98. The number of ether oxygens (including phenoxy) is 1. The summed E-state index contributed by atoms with van der Waals surface area (Å²) in [7, 11) is 0. The van der Waals surface area contributed by atoms with Gasteiger partial charge in [0.1, 0.15) is 11.8 Å². The lowest BCUT2D eigenvalue weighted by molar-refractivity contribution is -0.137. The highest BCUT2D eigenvalue weighted by molar-refractivity contribution is 5.96. The number of hydrogen-bond acceptors (Lipinski definition) is 6. The van der Waals surface area contributed by atoms with Gasteiger partial charge in [-0.15, -0.1) is 4.80 Å². The van der Waals surface area contributed by atoms with E-state index in [1.54, 1.807) is 23.2 Å². The van der Waals surface area contributed by atoms with Crippen molar-refractivity contribution in [1.82, 2.24) is 29.9 Å². The number of carbonyl (C=O) groups excluding carboxylic acids is 1. The maximum Gasteiger partial charge on any atom is 0.417 e. The molecule has 8 nitrogen and oxygen atoms in total. The molecule has 3 aromatic rings. The van der Waals surface area contributed by atoms with E-state index in [0.717, 1.165) is 18.7 Å². The van der Waals surface area contributed by atoms with Crippen molar-refractivity contribution in [3.8, 4) is 11.6 Å². The summed E-state index contributed by atoms with van der Waals surface area (Å²) in [6, 6.07) is 5.33. The molecular weight excluding hydrogens is 425 g/mol. The quantitative estimate of drug-likeness (QED) is 0.615. The molecule has 0 unspecified atom stereocenters. The molecule has 1 aliphatic carbocycles. The Bertz CT molecular complexity index is 1120. The first kappa shape index (κ1) is 20.4. The third-order valence-electron chi connectivity index (χ3n) is 6.18. The molecule has 1 aliphatic heterocycles. The minimum atomic E-state index is -4.46. The predicted molar refractivity (Wildman–Crippen MR) is 105 cm³/mol. The van der Waals surface area contributed by atoms with Crippen molar-refractivity contribution in [3.63, 3.8) is 0 Å². The van der Waals surface area contributed by atoms with Crippen LogP contribution in [0.4, 0.5) is 13.2 Å². The normalized spacial score (nSPS) is 24.7. The molecule has 3 aromatic heterocycles. The fourth-order valence-electron chi connectivity index (χ4n) is 4.65. The molecule has 0 N–H and O–H groups in total. The molecule has 11 heteroatoms. The number of hydrogen-bond donors (Lipinski definition) is 0. The Kier molecular flexibility index (Phi) is 4.83. The van der Waals surface area contributed by atoms with Gasteiger partial charge in [-0.2, -0.15) is 23.4 Å². The zero-order chi connectivity index (χ0) is 22.5. The van der Waals surface area contributed by atoms with E-state index in [-0.39, 0.29) is 41.6 Å². The van der Waals surface area contributed by atoms with Gasteiger partial charge in [0.2, 0.25) is 5.88 Å². The van der Waals surface area contributed by atoms with E-state index in [0.29, 0.717) is 12.1 Å². The first-order valence-electron chi connectivity index (χ1n) is 10.2. The largest absolute Gasteiger partial charge is 0.472 e. The molecule has 4 atom stereocenters. The fourth-order valence-corrected chi connectivity index (χ4v) is 4.65. The summed E-state index contributed by atoms with van der Waals surface area (Å²) < 4.78 is 44.3. The Morgan fingerprint density at radius 1 is 1.09 bits per heavy atom. The van der Waals surface area contributed by atoms with Gasteiger partial charge in [-0.25, -0.2) is 9.97 Å². The molecule has 2 aliphatic rings. The average Bonchev–Trinajstić information content (AvgIpc) is 3.50. The number of nitrogens with zero attached hydrogens (tertiary/aromatic N) is 6. The summed E-state index contributed by atoms with van der Waals surface area (Å²) in [6.45, 7) is 1.99. The number of likely N-dealkylation sites (tertiary alicyclic amines) is 1. The van der Waals surface area contributed by atoms with E-state index in [4.69, 9.17) is 4.74 Å². The highest BCUT2D eigenvalue weighted by Gasteiger charge is 2.53. The lowest BCUT2D eigenvalue weighted by Crippen LogP contribution is -2.51. The average molecular weight is 444 g/mol. The van der Waals surface area contributed by atoms with Gasteiger partial charge in [0, 0.05) is 24.5 Å². The molecule has 0 spiro atoms. The smallest absolute Gasteiger partial charge is 0.417 e. The van der Waals surface area contributed by atoms with Crippen molar-refractivity contribution in [3.05, 3.63) is 60.3 Å². The Hall–Kier alpha value is -3.50. The molecule has 0 radical (unpaired) electrons. The van der Waals surface area contributed by atoms with E-state index < -0.39 is 11.7 Å². The SMILES string of the molecule is C[C@@H]1[C@H]2C[C@@H](Oc3ccc(C(F)(F)F)cn3)[C@H](C2)N1C(=O)c1ncccc1-n1nccn1. The Labute approximate surface area is 181 Å². The van der Waals surface area contributed by atoms with Gasteiger partial charge in [0.05, 0.1) is 24.0 Å². The molecule has 166 valence electrons. The van der Waals surface area contributed by atoms with Gasteiger partial charge in [-0.1, -0.05) is 0 Å². The number of fused-ring (bicyclic) bond motifs is 2. The van der Waals surface area contributed by atoms with Gasteiger partial charge in [-0.3, -0.25) is 4.79 Å². The fraction of sp³-hybridized carbons (Fsp3) is 0.381. The number of aromatic nitrogens is 5. The van der Waals surface area contributed by atoms with Crippen LogP contribution in [-0.2, 0) is 6.18 Å². The number of pyridine rings is 2. The Balaban J connectivity index is 1.38. The summed E-state index contributed by atoms with van der Waals surface area (Å²) in [6.07, 6.45) is 1.96. The van der Waals surface area contributed by atoms with E-state index in [9.17, 15) is 18.0 Å². The van der Waals surface area contributed by atoms with Gasteiger partial charge in [0.25, 0.3) is 5.91 Å². The van der Waals surface area contributed by atoms with Crippen LogP contribution in [-0.4, -0.2) is 54.0 Å². The van der Waals surface area contributed by atoms with Crippen molar-refractivity contribution in [1.29, 1.82) is 0 Å². The number of halogens is 3. The lowest BCUT2D eigenvalue weighted by Gasteiger charge is -2.37. The summed E-state index contributed by atoms with van der Waals surface area (Å²) in [5.41, 5.74) is -0.132. The molecule has 2 bridgehead atoms. The van der Waals surface area contributed by atoms with Crippen molar-refractivity contribution in [2.24, 2.45) is 5.92 Å². The zero-order valence-electron chi connectivity index (χ0n) is 17.0. The second-order valence-corrected chi connectivity index (χ2v) is 7.98. The molecule has 0 aromatic carbocycles. The number of piperidine rings is 1. The van der Waals surface area contributed by atoms with Crippen LogP contribution in [0, 0.1) is 5.92 Å². The number of alkyl halides is 3. The van der Waals surface area contributed by atoms with Crippen LogP contribution in [0.1, 0.15) is 35.8 Å². The number of amides is 1. The molecule has 1 amide bonds. The van der Waals surface area contributed by atoms with Crippen LogP contribution >= 0.6 is 0 Å². The van der Waals surface area contributed by atoms with Crippen LogP contribution < -0.4 is 4.74 Å². The Morgan fingerprint density at radius 3 is 2.53 bits per heavy atom. The first-order chi connectivity index (χ1) is 15.3. The summed E-state index contributed by atoms with van der Waals surface area (Å²) >= 11 is 0. The zero-order valence-corrected chi connectivity index (χ0v) is 17.0. The van der Waals surface area contributed by atoms with Crippen LogP contribution in [0.3, 0.4) is 0 Å². The van der Waals surface area contributed by atoms with Crippen molar-refractivity contribution in [2.45, 2.75) is 44.1 Å². The standard InChI is InChI=1S/C21H19F3N6O2/c1-12-13-9-16(17(10-13)32-18-5-4-14(11-26-18)21(22,23)24)29(12)20(31)19-15(3-2-6-25-19)30-27-7-8-28-30/h2-8,11-13,16-17H,9-10H2,1H3/t12-,13-,16+,17-/m1/s1. The molecule has 1 saturated carbocycles. The van der Waals surface area contributed by atoms with Crippen molar-refractivity contribution >= 4 is 5.91 Å². The van der Waals surface area contributed by atoms with Crippen molar-refractivity contribution in [2.75, 3.05) is 0 Å². The lowest BCUT2D eigenvalue weighted by atomic mass is 9.98.